The monoisotopic (exact) mass is 372 g/mol. The van der Waals surface area contributed by atoms with Gasteiger partial charge in [0.25, 0.3) is 23.9 Å². The van der Waals surface area contributed by atoms with E-state index >= 15 is 0 Å². The molecule has 0 unspecified atom stereocenters. The molecular weight excluding hydrogens is 345 g/mol. The second-order valence-corrected chi connectivity index (χ2v) is 2.65. The van der Waals surface area contributed by atoms with Crippen molar-refractivity contribution in [1.82, 2.24) is 0 Å². The van der Waals surface area contributed by atoms with Gasteiger partial charge in [0.15, 0.2) is 0 Å². The molecule has 0 atom stereocenters. The van der Waals surface area contributed by atoms with Crippen molar-refractivity contribution < 1.29 is 39.6 Å². The van der Waals surface area contributed by atoms with E-state index in [9.17, 15) is 0 Å². The van der Waals surface area contributed by atoms with Gasteiger partial charge in [0, 0.05) is 40.8 Å². The number of carboxylic acid groups (broad SMARTS) is 4. The minimum absolute atomic E-state index is 0. The van der Waals surface area contributed by atoms with E-state index in [0.717, 1.165) is 27.7 Å². The van der Waals surface area contributed by atoms with Crippen LogP contribution in [0.1, 0.15) is 27.7 Å². The zero-order valence-corrected chi connectivity index (χ0v) is 12.0. The fraction of sp³-hybridized carbons (Fsp3) is 0.600. The van der Waals surface area contributed by atoms with Gasteiger partial charge in [-0.15, -0.1) is 0 Å². The van der Waals surface area contributed by atoms with Crippen LogP contribution in [0, 0.1) is 0 Å². The summed E-state index contributed by atoms with van der Waals surface area (Å²) in [5.74, 6) is -3.33. The second-order valence-electron chi connectivity index (χ2n) is 2.65. The van der Waals surface area contributed by atoms with Crippen LogP contribution in [-0.2, 0) is 19.2 Å². The molecule has 0 fully saturated rings. The van der Waals surface area contributed by atoms with Crippen molar-refractivity contribution in [2.75, 3.05) is 13.1 Å². The van der Waals surface area contributed by atoms with Crippen molar-refractivity contribution in [3.63, 3.8) is 0 Å². The molecule has 13 heteroatoms. The molecule has 0 radical (unpaired) electrons. The van der Waals surface area contributed by atoms with Gasteiger partial charge in [0.2, 0.25) is 0 Å². The molecular formula is C10H27N2Na3O8. The summed E-state index contributed by atoms with van der Waals surface area (Å²) in [6.07, 6.45) is 0. The Balaban J connectivity index is -0.0000000197. The van der Waals surface area contributed by atoms with Crippen molar-refractivity contribution >= 4 is 113 Å². The molecule has 0 aromatic heterocycles. The van der Waals surface area contributed by atoms with Crippen LogP contribution in [0.25, 0.3) is 0 Å². The maximum absolute atomic E-state index is 9.00. The number of carboxylic acids is 4. The molecule has 0 bridgehead atoms. The molecule has 128 valence electrons. The molecule has 0 aliphatic rings. The summed E-state index contributed by atoms with van der Waals surface area (Å²) >= 11 is 0. The number of hydrogen-bond donors (Lipinski definition) is 6. The summed E-state index contributed by atoms with van der Waals surface area (Å²) in [5.41, 5.74) is 9.81. The van der Waals surface area contributed by atoms with E-state index in [1.165, 1.54) is 0 Å². The number of hydrogen-bond acceptors (Lipinski definition) is 6. The Morgan fingerprint density at radius 3 is 0.609 bits per heavy atom. The van der Waals surface area contributed by atoms with Gasteiger partial charge in [0.05, 0.1) is 0 Å². The zero-order valence-electron chi connectivity index (χ0n) is 12.0. The van der Waals surface area contributed by atoms with Gasteiger partial charge in [-0.05, 0) is 0 Å². The van der Waals surface area contributed by atoms with Crippen LogP contribution in [0.3, 0.4) is 0 Å². The van der Waals surface area contributed by atoms with Crippen LogP contribution in [0.4, 0.5) is 0 Å². The topological polar surface area (TPSA) is 201 Å². The molecule has 0 aliphatic carbocycles. The molecule has 23 heavy (non-hydrogen) atoms. The van der Waals surface area contributed by atoms with Crippen LogP contribution >= 0.6 is 0 Å². The SMILES string of the molecule is CC(=O)O.CC(=O)O.CC(=O)O.CC(=O)O.NCCN.[NaH].[NaH].[NaH]. The predicted molar refractivity (Wildman–Crippen MR) is 92.8 cm³/mol. The summed E-state index contributed by atoms with van der Waals surface area (Å²) in [5, 5.41) is 29.7. The average Bonchev–Trinajstić information content (AvgIpc) is 2.13. The quantitative estimate of drug-likeness (QED) is 0.263. The van der Waals surface area contributed by atoms with Gasteiger partial charge in [0.1, 0.15) is 0 Å². The van der Waals surface area contributed by atoms with Crippen LogP contribution in [0.5, 0.6) is 0 Å². The Morgan fingerprint density at radius 1 is 0.565 bits per heavy atom. The Kier molecular flexibility index (Phi) is 107. The van der Waals surface area contributed by atoms with Gasteiger partial charge in [-0.25, -0.2) is 0 Å². The summed E-state index contributed by atoms with van der Waals surface area (Å²) in [7, 11) is 0. The van der Waals surface area contributed by atoms with Crippen molar-refractivity contribution in [3.05, 3.63) is 0 Å². The fourth-order valence-electron chi connectivity index (χ4n) is 0. The van der Waals surface area contributed by atoms with E-state index in [2.05, 4.69) is 0 Å². The van der Waals surface area contributed by atoms with Crippen molar-refractivity contribution in [2.24, 2.45) is 11.5 Å². The van der Waals surface area contributed by atoms with E-state index in [1.54, 1.807) is 0 Å². The molecule has 0 saturated carbocycles. The van der Waals surface area contributed by atoms with Gasteiger partial charge in [-0.3, -0.25) is 19.2 Å². The maximum atomic E-state index is 9.00. The van der Waals surface area contributed by atoms with E-state index in [0.29, 0.717) is 13.1 Å². The first-order valence-corrected chi connectivity index (χ1v) is 5.03. The van der Waals surface area contributed by atoms with Crippen LogP contribution < -0.4 is 11.5 Å². The zero-order chi connectivity index (χ0) is 17.7. The van der Waals surface area contributed by atoms with Crippen molar-refractivity contribution in [1.29, 1.82) is 0 Å². The van der Waals surface area contributed by atoms with Gasteiger partial charge < -0.3 is 31.9 Å². The van der Waals surface area contributed by atoms with Gasteiger partial charge in [-0.2, -0.15) is 0 Å². The minimum atomic E-state index is -0.833. The van der Waals surface area contributed by atoms with Gasteiger partial charge >= 0.3 is 88.7 Å². The number of nitrogens with two attached hydrogens (primary N) is 2. The summed E-state index contributed by atoms with van der Waals surface area (Å²) in [6, 6.07) is 0. The second kappa shape index (κ2) is 49.5. The molecule has 10 nitrogen and oxygen atoms in total. The van der Waals surface area contributed by atoms with E-state index in [-0.39, 0.29) is 88.7 Å². The Morgan fingerprint density at radius 2 is 0.609 bits per heavy atom. The average molecular weight is 372 g/mol. The summed E-state index contributed by atoms with van der Waals surface area (Å²) < 4.78 is 0. The molecule has 0 aliphatic heterocycles. The standard InChI is InChI=1S/C2H8N2.4C2H4O2.3Na.3H/c3-1-2-4;4*1-2(3)4;;;;;;/h1-4H2;4*1H3,(H,3,4);;;;;;. The molecule has 0 aromatic rings. The number of rotatable bonds is 1. The first kappa shape index (κ1) is 49.6. The molecule has 0 amide bonds. The first-order valence-electron chi connectivity index (χ1n) is 5.03. The van der Waals surface area contributed by atoms with E-state index < -0.39 is 23.9 Å². The molecule has 0 rings (SSSR count). The third-order valence-corrected chi connectivity index (χ3v) is 0.167. The molecule has 0 spiro atoms. The van der Waals surface area contributed by atoms with Crippen LogP contribution in [-0.4, -0.2) is 146 Å². The number of carbonyl (C=O) groups is 4. The van der Waals surface area contributed by atoms with Crippen molar-refractivity contribution in [2.45, 2.75) is 27.7 Å². The van der Waals surface area contributed by atoms with Crippen LogP contribution in [0.15, 0.2) is 0 Å². The van der Waals surface area contributed by atoms with E-state index in [4.69, 9.17) is 51.1 Å². The molecule has 8 N–H and O–H groups in total. The molecule has 0 aromatic carbocycles. The first-order chi connectivity index (χ1) is 8.84. The summed E-state index contributed by atoms with van der Waals surface area (Å²) in [4.78, 5) is 36.0. The van der Waals surface area contributed by atoms with Gasteiger partial charge in [-0.1, -0.05) is 0 Å². The van der Waals surface area contributed by atoms with Crippen molar-refractivity contribution in [3.8, 4) is 0 Å². The van der Waals surface area contributed by atoms with E-state index in [1.807, 2.05) is 0 Å². The normalized spacial score (nSPS) is 5.65. The molecule has 0 saturated heterocycles. The molecule has 0 heterocycles. The fourth-order valence-corrected chi connectivity index (χ4v) is 0. The third kappa shape index (κ3) is 3040. The van der Waals surface area contributed by atoms with Crippen LogP contribution in [0.2, 0.25) is 0 Å². The predicted octanol–water partition coefficient (Wildman–Crippen LogP) is -2.68. The summed E-state index contributed by atoms with van der Waals surface area (Å²) in [6.45, 7) is 5.53. The Labute approximate surface area is 202 Å². The Hall–Kier alpha value is 0.800. The Bertz CT molecular complexity index is 202. The number of aliphatic carboxylic acids is 4. The third-order valence-electron chi connectivity index (χ3n) is 0.167.